The number of hydrogen-bond donors (Lipinski definition) is 0. The van der Waals surface area contributed by atoms with E-state index in [1.54, 1.807) is 17.7 Å². The number of aryl methyl sites for hydroxylation is 3. The molecule has 1 fully saturated rings. The molecule has 0 amide bonds. The molecule has 5 nitrogen and oxygen atoms in total. The Hall–Kier alpha value is -2.86. The maximum absolute atomic E-state index is 4.94. The van der Waals surface area contributed by atoms with E-state index in [1.165, 1.54) is 16.7 Å². The van der Waals surface area contributed by atoms with Gasteiger partial charge in [0.1, 0.15) is 15.9 Å². The van der Waals surface area contributed by atoms with Gasteiger partial charge < -0.3 is 0 Å². The van der Waals surface area contributed by atoms with Gasteiger partial charge in [-0.15, -0.1) is 16.4 Å². The SMILES string of the molecule is Cc1ccc([C@@H]2C[C@H]2c2nc3c4sc5nc(C)cc(C)c5c4ncn3n2)cc1. The van der Waals surface area contributed by atoms with Crippen LogP contribution in [0.4, 0.5) is 0 Å². The van der Waals surface area contributed by atoms with Gasteiger partial charge in [-0.25, -0.2) is 19.5 Å². The van der Waals surface area contributed by atoms with Crippen LogP contribution in [0.5, 0.6) is 0 Å². The Morgan fingerprint density at radius 1 is 1.04 bits per heavy atom. The van der Waals surface area contributed by atoms with E-state index >= 15 is 0 Å². The van der Waals surface area contributed by atoms with Gasteiger partial charge in [0.2, 0.25) is 0 Å². The molecule has 1 aromatic carbocycles. The van der Waals surface area contributed by atoms with E-state index in [0.29, 0.717) is 11.8 Å². The molecule has 1 aliphatic rings. The van der Waals surface area contributed by atoms with Gasteiger partial charge in [-0.1, -0.05) is 29.8 Å². The summed E-state index contributed by atoms with van der Waals surface area (Å²) in [5.74, 6) is 1.85. The van der Waals surface area contributed by atoms with Gasteiger partial charge in [0.25, 0.3) is 0 Å². The first-order valence-electron chi connectivity index (χ1n) is 9.57. The molecule has 0 bridgehead atoms. The topological polar surface area (TPSA) is 56.0 Å². The van der Waals surface area contributed by atoms with Crippen LogP contribution in [0.2, 0.25) is 0 Å². The minimum atomic E-state index is 0.397. The zero-order chi connectivity index (χ0) is 19.0. The molecule has 0 spiro atoms. The van der Waals surface area contributed by atoms with Crippen LogP contribution in [-0.2, 0) is 0 Å². The van der Waals surface area contributed by atoms with Crippen molar-refractivity contribution >= 4 is 37.4 Å². The van der Waals surface area contributed by atoms with Crippen molar-refractivity contribution in [1.29, 1.82) is 0 Å². The fraction of sp³-hybridized carbons (Fsp3) is 0.273. The second kappa shape index (κ2) is 5.58. The molecule has 138 valence electrons. The van der Waals surface area contributed by atoms with Crippen LogP contribution in [-0.4, -0.2) is 24.6 Å². The van der Waals surface area contributed by atoms with Crippen LogP contribution in [0.3, 0.4) is 0 Å². The average Bonchev–Trinajstić information content (AvgIpc) is 3.18. The molecule has 6 heteroatoms. The number of rotatable bonds is 2. The molecule has 0 unspecified atom stereocenters. The van der Waals surface area contributed by atoms with Gasteiger partial charge in [0.15, 0.2) is 11.5 Å². The lowest BCUT2D eigenvalue weighted by atomic mass is 10.1. The molecule has 0 saturated heterocycles. The largest absolute Gasteiger partial charge is 0.242 e. The normalized spacial score (nSPS) is 19.1. The number of fused-ring (bicyclic) bond motifs is 5. The van der Waals surface area contributed by atoms with E-state index in [9.17, 15) is 0 Å². The Labute approximate surface area is 166 Å². The molecule has 4 heterocycles. The van der Waals surface area contributed by atoms with Crippen LogP contribution >= 0.6 is 11.3 Å². The third-order valence-electron chi connectivity index (χ3n) is 5.74. The second-order valence-corrected chi connectivity index (χ2v) is 8.88. The summed E-state index contributed by atoms with van der Waals surface area (Å²) in [6.45, 7) is 6.28. The van der Waals surface area contributed by atoms with Gasteiger partial charge >= 0.3 is 0 Å². The average molecular weight is 385 g/mol. The van der Waals surface area contributed by atoms with Gasteiger partial charge in [-0.05, 0) is 50.3 Å². The van der Waals surface area contributed by atoms with Crippen LogP contribution in [0, 0.1) is 20.8 Å². The molecule has 0 radical (unpaired) electrons. The van der Waals surface area contributed by atoms with Crippen LogP contribution < -0.4 is 0 Å². The highest BCUT2D eigenvalue weighted by atomic mass is 32.1. The Kier molecular flexibility index (Phi) is 3.21. The van der Waals surface area contributed by atoms with Gasteiger partial charge in [0, 0.05) is 17.0 Å². The Morgan fingerprint density at radius 2 is 1.86 bits per heavy atom. The van der Waals surface area contributed by atoms with Crippen molar-refractivity contribution in [2.75, 3.05) is 0 Å². The third-order valence-corrected chi connectivity index (χ3v) is 6.81. The number of aromatic nitrogens is 5. The number of benzene rings is 1. The molecule has 2 atom stereocenters. The monoisotopic (exact) mass is 385 g/mol. The molecule has 1 aliphatic carbocycles. The van der Waals surface area contributed by atoms with E-state index < -0.39 is 0 Å². The zero-order valence-corrected chi connectivity index (χ0v) is 16.8. The third kappa shape index (κ3) is 2.31. The van der Waals surface area contributed by atoms with E-state index in [2.05, 4.69) is 44.2 Å². The molecule has 4 aromatic heterocycles. The summed E-state index contributed by atoms with van der Waals surface area (Å²) in [5, 5.41) is 5.90. The lowest BCUT2D eigenvalue weighted by molar-refractivity contribution is 0.850. The van der Waals surface area contributed by atoms with Gasteiger partial charge in [0.05, 0.1) is 5.52 Å². The highest BCUT2D eigenvalue weighted by Gasteiger charge is 2.42. The Balaban J connectivity index is 1.47. The highest BCUT2D eigenvalue weighted by Crippen LogP contribution is 2.53. The molecular formula is C22H19N5S. The van der Waals surface area contributed by atoms with Crippen molar-refractivity contribution in [2.24, 2.45) is 0 Å². The zero-order valence-electron chi connectivity index (χ0n) is 16.0. The fourth-order valence-electron chi connectivity index (χ4n) is 4.20. The molecule has 6 rings (SSSR count). The number of nitrogens with zero attached hydrogens (tertiary/aromatic N) is 5. The minimum absolute atomic E-state index is 0.397. The minimum Gasteiger partial charge on any atom is -0.242 e. The summed E-state index contributed by atoms with van der Waals surface area (Å²) in [6, 6.07) is 11.0. The summed E-state index contributed by atoms with van der Waals surface area (Å²) in [4.78, 5) is 15.4. The first-order valence-corrected chi connectivity index (χ1v) is 10.4. The van der Waals surface area contributed by atoms with Crippen LogP contribution in [0.15, 0.2) is 36.7 Å². The Bertz CT molecular complexity index is 1380. The van der Waals surface area contributed by atoms with Crippen molar-refractivity contribution in [2.45, 2.75) is 39.0 Å². The summed E-state index contributed by atoms with van der Waals surface area (Å²) in [7, 11) is 0. The summed E-state index contributed by atoms with van der Waals surface area (Å²) >= 11 is 1.67. The Morgan fingerprint density at radius 3 is 2.68 bits per heavy atom. The maximum Gasteiger partial charge on any atom is 0.176 e. The first kappa shape index (κ1) is 16.1. The van der Waals surface area contributed by atoms with Gasteiger partial charge in [-0.3, -0.25) is 0 Å². The molecule has 0 aliphatic heterocycles. The second-order valence-electron chi connectivity index (χ2n) is 7.88. The van der Waals surface area contributed by atoms with Crippen molar-refractivity contribution in [1.82, 2.24) is 24.6 Å². The first-order chi connectivity index (χ1) is 13.6. The lowest BCUT2D eigenvalue weighted by Gasteiger charge is -1.99. The lowest BCUT2D eigenvalue weighted by Crippen LogP contribution is -1.91. The predicted molar refractivity (Wildman–Crippen MR) is 112 cm³/mol. The van der Waals surface area contributed by atoms with Crippen molar-refractivity contribution < 1.29 is 0 Å². The van der Waals surface area contributed by atoms with Crippen molar-refractivity contribution in [3.8, 4) is 0 Å². The number of pyridine rings is 1. The highest BCUT2D eigenvalue weighted by molar-refractivity contribution is 7.26. The van der Waals surface area contributed by atoms with E-state index in [4.69, 9.17) is 20.1 Å². The van der Waals surface area contributed by atoms with Crippen molar-refractivity contribution in [3.63, 3.8) is 0 Å². The summed E-state index contributed by atoms with van der Waals surface area (Å²) < 4.78 is 2.91. The predicted octanol–water partition coefficient (Wildman–Crippen LogP) is 5.08. The number of thiophene rings is 1. The fourth-order valence-corrected chi connectivity index (χ4v) is 5.43. The standard InChI is InChI=1S/C22H19N5S/c1-11-4-6-14(7-5-11)15-9-16(15)20-25-21-19-18(23-10-27(21)26-20)17-12(2)8-13(3)24-22(17)28-19/h4-8,10,15-16H,9H2,1-3H3/t15-,16+/m0/s1. The van der Waals surface area contributed by atoms with Crippen LogP contribution in [0.1, 0.15) is 46.5 Å². The number of hydrogen-bond acceptors (Lipinski definition) is 5. The summed E-state index contributed by atoms with van der Waals surface area (Å²) in [5.41, 5.74) is 6.82. The smallest absolute Gasteiger partial charge is 0.176 e. The van der Waals surface area contributed by atoms with Gasteiger partial charge in [-0.2, -0.15) is 0 Å². The maximum atomic E-state index is 4.94. The van der Waals surface area contributed by atoms with E-state index in [0.717, 1.165) is 44.0 Å². The molecule has 5 aromatic rings. The molecular weight excluding hydrogens is 366 g/mol. The van der Waals surface area contributed by atoms with E-state index in [-0.39, 0.29) is 0 Å². The summed E-state index contributed by atoms with van der Waals surface area (Å²) in [6.07, 6.45) is 2.91. The molecule has 0 N–H and O–H groups in total. The molecule has 1 saturated carbocycles. The van der Waals surface area contributed by atoms with Crippen molar-refractivity contribution in [3.05, 3.63) is 64.9 Å². The van der Waals surface area contributed by atoms with Crippen LogP contribution in [0.25, 0.3) is 26.1 Å². The quantitative estimate of drug-likeness (QED) is 0.425. The van der Waals surface area contributed by atoms with E-state index in [1.807, 2.05) is 11.4 Å². The molecule has 28 heavy (non-hydrogen) atoms.